The third kappa shape index (κ3) is 8.35. The van der Waals surface area contributed by atoms with E-state index in [9.17, 15) is 19.8 Å². The first-order valence-electron chi connectivity index (χ1n) is 20.4. The molecule has 4 fully saturated rings. The van der Waals surface area contributed by atoms with Gasteiger partial charge in [0.1, 0.15) is 12.2 Å². The summed E-state index contributed by atoms with van der Waals surface area (Å²) in [6.07, 6.45) is 1.55. The number of likely N-dealkylation sites (tertiary alicyclic amines) is 2. The molecule has 2 atom stereocenters. The van der Waals surface area contributed by atoms with Crippen molar-refractivity contribution in [2.24, 2.45) is 0 Å². The molecule has 2 N–H and O–H groups in total. The average Bonchev–Trinajstić information content (AvgIpc) is 4.07. The van der Waals surface area contributed by atoms with Crippen molar-refractivity contribution in [3.63, 3.8) is 0 Å². The van der Waals surface area contributed by atoms with Crippen LogP contribution < -0.4 is 28.7 Å². The van der Waals surface area contributed by atoms with Crippen LogP contribution in [-0.2, 0) is 20.7 Å². The number of carbonyl (C=O) groups excluding carboxylic acids is 2. The smallest absolute Gasteiger partial charge is 0.414 e. The van der Waals surface area contributed by atoms with Crippen LogP contribution in [0.3, 0.4) is 0 Å². The number of cyclic esters (lactones) is 2. The Morgan fingerprint density at radius 2 is 1.02 bits per heavy atom. The van der Waals surface area contributed by atoms with E-state index in [1.807, 2.05) is 97.9 Å². The average molecular weight is 807 g/mol. The van der Waals surface area contributed by atoms with Crippen LogP contribution in [-0.4, -0.2) is 110 Å². The van der Waals surface area contributed by atoms with Crippen LogP contribution in [0.15, 0.2) is 91.0 Å². The van der Waals surface area contributed by atoms with Crippen LogP contribution in [0.1, 0.15) is 42.4 Å². The second-order valence-electron chi connectivity index (χ2n) is 16.2. The zero-order chi connectivity index (χ0) is 40.6. The molecule has 59 heavy (non-hydrogen) atoms. The summed E-state index contributed by atoms with van der Waals surface area (Å²) in [5, 5.41) is 22.4. The van der Waals surface area contributed by atoms with Gasteiger partial charge < -0.3 is 38.6 Å². The molecular weight excluding hydrogens is 757 g/mol. The molecule has 0 radical (unpaired) electrons. The van der Waals surface area contributed by atoms with Crippen molar-refractivity contribution in [3.05, 3.63) is 108 Å². The predicted octanol–water partition coefficient (Wildman–Crippen LogP) is 5.76. The molecule has 6 aliphatic rings. The van der Waals surface area contributed by atoms with Gasteiger partial charge in [-0.3, -0.25) is 19.6 Å². The molecule has 6 aliphatic heterocycles. The first-order chi connectivity index (χ1) is 28.6. The molecule has 310 valence electrons. The van der Waals surface area contributed by atoms with Gasteiger partial charge >= 0.3 is 12.2 Å². The van der Waals surface area contributed by atoms with Crippen molar-refractivity contribution in [3.8, 4) is 23.0 Å². The molecule has 10 rings (SSSR count). The van der Waals surface area contributed by atoms with Crippen molar-refractivity contribution in [1.29, 1.82) is 0 Å². The van der Waals surface area contributed by atoms with Crippen molar-refractivity contribution < 1.29 is 48.2 Å². The number of piperidine rings is 2. The number of aliphatic hydroxyl groups is 2. The van der Waals surface area contributed by atoms with Crippen molar-refractivity contribution in [1.82, 2.24) is 9.80 Å². The molecule has 14 nitrogen and oxygen atoms in total. The largest absolute Gasteiger partial charge is 0.454 e. The third-order valence-electron chi connectivity index (χ3n) is 12.2. The Kier molecular flexibility index (Phi) is 10.7. The molecule has 4 aromatic rings. The Balaban J connectivity index is 0.000000152. The maximum Gasteiger partial charge on any atom is 0.414 e. The number of anilines is 2. The number of para-hydroxylation sites is 1. The first-order valence-corrected chi connectivity index (χ1v) is 20.4. The topological polar surface area (TPSA) is 143 Å². The third-order valence-corrected chi connectivity index (χ3v) is 12.2. The van der Waals surface area contributed by atoms with E-state index in [2.05, 4.69) is 9.80 Å². The van der Waals surface area contributed by atoms with Gasteiger partial charge in [-0.1, -0.05) is 42.5 Å². The standard InChI is InChI=1S/C23H26N2O5.C22H24N2O5/c1-16-3-2-4-18(11-16)25-14-19(30-22(25)26)13-24-9-7-23(27,8-10-24)17-5-6-20-21(12-17)29-15-28-20;25-21-24(17-4-2-1-3-5-17)14-18(29-21)13-23-10-8-22(26,9-11-23)16-6-7-19-20(12-16)28-15-27-19/h2-6,11-12,19,27H,7-10,13-15H2,1H3;1-7,12,18,26H,8-11,13-15H2. The zero-order valence-electron chi connectivity index (χ0n) is 33.2. The summed E-state index contributed by atoms with van der Waals surface area (Å²) in [4.78, 5) is 32.5. The molecule has 0 bridgehead atoms. The lowest BCUT2D eigenvalue weighted by Gasteiger charge is -2.39. The van der Waals surface area contributed by atoms with Gasteiger partial charge in [0.05, 0.1) is 24.3 Å². The summed E-state index contributed by atoms with van der Waals surface area (Å²) in [6, 6.07) is 28.8. The first kappa shape index (κ1) is 38.9. The Morgan fingerprint density at radius 1 is 0.559 bits per heavy atom. The summed E-state index contributed by atoms with van der Waals surface area (Å²) in [6.45, 7) is 7.86. The van der Waals surface area contributed by atoms with E-state index in [1.165, 1.54) is 0 Å². The normalized spacial score (nSPS) is 23.1. The van der Waals surface area contributed by atoms with Crippen LogP contribution in [0, 0.1) is 6.92 Å². The highest BCUT2D eigenvalue weighted by atomic mass is 16.7. The number of ether oxygens (including phenoxy) is 6. The fourth-order valence-electron chi connectivity index (χ4n) is 8.80. The van der Waals surface area contributed by atoms with Gasteiger partial charge in [0.25, 0.3) is 0 Å². The molecule has 4 saturated heterocycles. The predicted molar refractivity (Wildman–Crippen MR) is 217 cm³/mol. The highest BCUT2D eigenvalue weighted by molar-refractivity contribution is 5.90. The molecule has 0 aliphatic carbocycles. The number of fused-ring (bicyclic) bond motifs is 2. The molecule has 14 heteroatoms. The van der Waals surface area contributed by atoms with E-state index >= 15 is 0 Å². The minimum absolute atomic E-state index is 0.167. The summed E-state index contributed by atoms with van der Waals surface area (Å²) >= 11 is 0. The van der Waals surface area contributed by atoms with Gasteiger partial charge in [0, 0.05) is 50.6 Å². The molecule has 6 heterocycles. The van der Waals surface area contributed by atoms with Crippen LogP contribution >= 0.6 is 0 Å². The highest BCUT2D eigenvalue weighted by Crippen LogP contribution is 2.41. The second-order valence-corrected chi connectivity index (χ2v) is 16.2. The summed E-state index contributed by atoms with van der Waals surface area (Å²) in [5.41, 5.74) is 2.82. The number of hydrogen-bond donors (Lipinski definition) is 2. The lowest BCUT2D eigenvalue weighted by Crippen LogP contribution is -2.45. The van der Waals surface area contributed by atoms with Gasteiger partial charge in [-0.25, -0.2) is 9.59 Å². The van der Waals surface area contributed by atoms with Crippen LogP contribution in [0.5, 0.6) is 23.0 Å². The number of aryl methyl sites for hydroxylation is 1. The van der Waals surface area contributed by atoms with Crippen molar-refractivity contribution in [2.45, 2.75) is 56.0 Å². The van der Waals surface area contributed by atoms with E-state index in [-0.39, 0.29) is 38.0 Å². The van der Waals surface area contributed by atoms with Crippen molar-refractivity contribution in [2.75, 3.05) is 75.7 Å². The van der Waals surface area contributed by atoms with E-state index in [1.54, 1.807) is 9.80 Å². The Hall–Kier alpha value is -5.54. The monoisotopic (exact) mass is 806 g/mol. The highest BCUT2D eigenvalue weighted by Gasteiger charge is 2.40. The Morgan fingerprint density at radius 3 is 1.51 bits per heavy atom. The lowest BCUT2D eigenvalue weighted by atomic mass is 9.84. The molecule has 0 saturated carbocycles. The maximum absolute atomic E-state index is 12.3. The zero-order valence-corrected chi connectivity index (χ0v) is 33.2. The molecule has 0 aromatic heterocycles. The van der Waals surface area contributed by atoms with Gasteiger partial charge in [-0.05, 0) is 97.8 Å². The number of nitrogens with zero attached hydrogens (tertiary/aromatic N) is 4. The quantitative estimate of drug-likeness (QED) is 0.224. The fraction of sp³-hybridized carbons (Fsp3) is 0.422. The SMILES string of the molecule is Cc1cccc(N2CC(CN3CCC(O)(c4ccc5c(c4)OCO5)CC3)OC2=O)c1.O=C1OC(CN2CCC(O)(c3ccc4c(c3)OCO4)CC2)CN1c1ccccc1. The minimum Gasteiger partial charge on any atom is -0.454 e. The van der Waals surface area contributed by atoms with Gasteiger partial charge in [0.2, 0.25) is 13.6 Å². The van der Waals surface area contributed by atoms with Crippen LogP contribution in [0.4, 0.5) is 21.0 Å². The number of amides is 2. The van der Waals surface area contributed by atoms with E-state index in [4.69, 9.17) is 28.4 Å². The lowest BCUT2D eigenvalue weighted by molar-refractivity contribution is -0.0327. The van der Waals surface area contributed by atoms with E-state index in [0.29, 0.717) is 63.4 Å². The second kappa shape index (κ2) is 16.3. The molecule has 0 spiro atoms. The number of benzene rings is 4. The van der Waals surface area contributed by atoms with Gasteiger partial charge in [0.15, 0.2) is 23.0 Å². The fourth-order valence-corrected chi connectivity index (χ4v) is 8.80. The Bertz CT molecular complexity index is 2150. The number of hydrogen-bond acceptors (Lipinski definition) is 12. The van der Waals surface area contributed by atoms with Crippen LogP contribution in [0.25, 0.3) is 0 Å². The molecule has 2 amide bonds. The number of rotatable bonds is 8. The van der Waals surface area contributed by atoms with E-state index in [0.717, 1.165) is 65.7 Å². The Labute approximate surface area is 343 Å². The minimum atomic E-state index is -0.878. The molecule has 4 aromatic carbocycles. The van der Waals surface area contributed by atoms with Crippen molar-refractivity contribution >= 4 is 23.6 Å². The van der Waals surface area contributed by atoms with Gasteiger partial charge in [-0.15, -0.1) is 0 Å². The molecule has 2 unspecified atom stereocenters. The summed E-state index contributed by atoms with van der Waals surface area (Å²) in [5.74, 6) is 2.83. The van der Waals surface area contributed by atoms with E-state index < -0.39 is 11.2 Å². The number of carbonyl (C=O) groups is 2. The molecular formula is C45H50N4O10. The van der Waals surface area contributed by atoms with Crippen LogP contribution in [0.2, 0.25) is 0 Å². The summed E-state index contributed by atoms with van der Waals surface area (Å²) < 4.78 is 32.8. The van der Waals surface area contributed by atoms with Gasteiger partial charge in [-0.2, -0.15) is 0 Å². The maximum atomic E-state index is 12.3. The summed E-state index contributed by atoms with van der Waals surface area (Å²) in [7, 11) is 0.